The molecule has 0 aliphatic carbocycles. The van der Waals surface area contributed by atoms with Crippen molar-refractivity contribution in [3.8, 4) is 11.4 Å². The van der Waals surface area contributed by atoms with Crippen LogP contribution in [0, 0.1) is 5.92 Å². The van der Waals surface area contributed by atoms with Gasteiger partial charge in [-0.15, -0.1) is 0 Å². The van der Waals surface area contributed by atoms with E-state index in [2.05, 4.69) is 30.4 Å². The first-order chi connectivity index (χ1) is 17.4. The third kappa shape index (κ3) is 5.83. The van der Waals surface area contributed by atoms with E-state index < -0.39 is 48.5 Å². The van der Waals surface area contributed by atoms with Gasteiger partial charge in [-0.05, 0) is 25.8 Å². The van der Waals surface area contributed by atoms with Gasteiger partial charge in [0.15, 0.2) is 11.5 Å². The summed E-state index contributed by atoms with van der Waals surface area (Å²) in [5, 5.41) is 7.15. The van der Waals surface area contributed by atoms with Gasteiger partial charge in [-0.25, -0.2) is 28.7 Å². The Morgan fingerprint density at radius 3 is 2.41 bits per heavy atom. The van der Waals surface area contributed by atoms with Gasteiger partial charge in [0.25, 0.3) is 11.8 Å². The van der Waals surface area contributed by atoms with Crippen LogP contribution in [0.5, 0.6) is 0 Å². The molecule has 1 saturated heterocycles. The maximum atomic E-state index is 14.6. The number of hydrogen-bond acceptors (Lipinski definition) is 7. The maximum absolute atomic E-state index is 14.6. The summed E-state index contributed by atoms with van der Waals surface area (Å²) < 4.78 is 69.2. The van der Waals surface area contributed by atoms with Crippen LogP contribution in [0.3, 0.4) is 0 Å². The Bertz CT molecular complexity index is 1230. The molecule has 1 unspecified atom stereocenters. The van der Waals surface area contributed by atoms with Crippen molar-refractivity contribution < 1.29 is 26.7 Å². The average Bonchev–Trinajstić information content (AvgIpc) is 3.28. The highest BCUT2D eigenvalue weighted by atomic mass is 19.4. The van der Waals surface area contributed by atoms with Crippen molar-refractivity contribution in [2.45, 2.75) is 51.4 Å². The number of hydrogen-bond donors (Lipinski definition) is 1. The maximum Gasteiger partial charge on any atom is 0.419 e. The molecule has 1 N–H and O–H groups in total. The fourth-order valence-electron chi connectivity index (χ4n) is 4.19. The number of piperidine rings is 1. The molecule has 3 aromatic heterocycles. The van der Waals surface area contributed by atoms with Crippen LogP contribution in [-0.2, 0) is 6.18 Å². The summed E-state index contributed by atoms with van der Waals surface area (Å²) in [7, 11) is 0. The third-order valence-corrected chi connectivity index (χ3v) is 6.06. The van der Waals surface area contributed by atoms with Crippen molar-refractivity contribution in [3.63, 3.8) is 0 Å². The summed E-state index contributed by atoms with van der Waals surface area (Å²) in [4.78, 5) is 30.4. The number of halogens is 5. The molecule has 0 radical (unpaired) electrons. The number of likely N-dealkylation sites (tertiary alicyclic amines) is 1. The van der Waals surface area contributed by atoms with E-state index in [1.54, 1.807) is 19.2 Å². The minimum atomic E-state index is -4.59. The Morgan fingerprint density at radius 1 is 1.16 bits per heavy atom. The molecule has 14 heteroatoms. The molecular weight excluding hydrogens is 499 g/mol. The van der Waals surface area contributed by atoms with E-state index >= 15 is 0 Å². The van der Waals surface area contributed by atoms with E-state index in [1.807, 2.05) is 13.8 Å². The normalized spacial score (nSPS) is 19.8. The minimum Gasteiger partial charge on any atom is -0.352 e. The van der Waals surface area contributed by atoms with Gasteiger partial charge in [-0.2, -0.15) is 18.3 Å². The van der Waals surface area contributed by atoms with Crippen molar-refractivity contribution in [3.05, 3.63) is 48.3 Å². The predicted octanol–water partition coefficient (Wildman–Crippen LogP) is 4.33. The number of alkyl halides is 5. The van der Waals surface area contributed by atoms with Crippen LogP contribution in [0.2, 0.25) is 0 Å². The molecule has 1 aliphatic rings. The third-order valence-electron chi connectivity index (χ3n) is 6.06. The van der Waals surface area contributed by atoms with Crippen LogP contribution < -0.4 is 5.32 Å². The van der Waals surface area contributed by atoms with E-state index in [1.165, 1.54) is 17.1 Å². The highest BCUT2D eigenvalue weighted by molar-refractivity contribution is 5.98. The second-order valence-electron chi connectivity index (χ2n) is 9.25. The molecular formula is C23H25F5N8O. The lowest BCUT2D eigenvalue weighted by Gasteiger charge is -2.43. The quantitative estimate of drug-likeness (QED) is 0.479. The number of rotatable bonds is 6. The second kappa shape index (κ2) is 9.98. The highest BCUT2D eigenvalue weighted by Gasteiger charge is 2.47. The molecule has 3 aromatic rings. The number of anilines is 1. The summed E-state index contributed by atoms with van der Waals surface area (Å²) in [6.45, 7) is 4.38. The molecule has 4 heterocycles. The fraction of sp³-hybridized carbons (Fsp3) is 0.478. The molecule has 1 amide bonds. The lowest BCUT2D eigenvalue weighted by molar-refractivity contribution is -0.138. The van der Waals surface area contributed by atoms with Crippen LogP contribution in [0.15, 0.2) is 37.1 Å². The Kier molecular flexibility index (Phi) is 7.11. The Hall–Kier alpha value is -3.71. The van der Waals surface area contributed by atoms with E-state index in [0.29, 0.717) is 18.0 Å². The van der Waals surface area contributed by atoms with Crippen LogP contribution in [0.25, 0.3) is 11.4 Å². The SMILES string of the molecule is CC(C)n1cc(-c2ncccn2)c(C(=O)N2CC(F)(F)C[C@@H](C)C2CNc2ncc(C(F)(F)F)cn2)n1. The topological polar surface area (TPSA) is 102 Å². The summed E-state index contributed by atoms with van der Waals surface area (Å²) in [6, 6.07) is 0.738. The molecule has 0 saturated carbocycles. The number of carbonyl (C=O) groups excluding carboxylic acids is 1. The predicted molar refractivity (Wildman–Crippen MR) is 123 cm³/mol. The molecule has 9 nitrogen and oxygen atoms in total. The van der Waals surface area contributed by atoms with Gasteiger partial charge in [-0.1, -0.05) is 6.92 Å². The lowest BCUT2D eigenvalue weighted by Crippen LogP contribution is -2.57. The smallest absolute Gasteiger partial charge is 0.352 e. The Labute approximate surface area is 209 Å². The summed E-state index contributed by atoms with van der Waals surface area (Å²) in [6.07, 6.45) is 0.788. The van der Waals surface area contributed by atoms with Crippen molar-refractivity contribution >= 4 is 11.9 Å². The standard InChI is InChI=1S/C23H25F5N8O/c1-13(2)36-11-16(19-29-5-4-6-30-19)18(34-36)20(37)35-12-22(24,25)7-14(3)17(35)10-33-21-31-8-15(9-32-21)23(26,27)28/h4-6,8-9,11,13-14,17H,7,10,12H2,1-3H3,(H,31,32,33)/t14-,17?/m1/s1. The molecule has 1 fully saturated rings. The number of nitrogens with zero attached hydrogens (tertiary/aromatic N) is 7. The van der Waals surface area contributed by atoms with Gasteiger partial charge in [0.2, 0.25) is 5.95 Å². The van der Waals surface area contributed by atoms with Crippen LogP contribution in [0.1, 0.15) is 49.3 Å². The van der Waals surface area contributed by atoms with Gasteiger partial charge >= 0.3 is 6.18 Å². The number of carbonyl (C=O) groups is 1. The van der Waals surface area contributed by atoms with Gasteiger partial charge < -0.3 is 10.2 Å². The monoisotopic (exact) mass is 524 g/mol. The summed E-state index contributed by atoms with van der Waals surface area (Å²) >= 11 is 0. The van der Waals surface area contributed by atoms with Crippen molar-refractivity contribution in [1.82, 2.24) is 34.6 Å². The molecule has 2 atom stereocenters. The zero-order valence-electron chi connectivity index (χ0n) is 20.2. The molecule has 4 rings (SSSR count). The van der Waals surface area contributed by atoms with E-state index in [-0.39, 0.29) is 30.1 Å². The van der Waals surface area contributed by atoms with Crippen molar-refractivity contribution in [2.75, 3.05) is 18.4 Å². The molecule has 0 spiro atoms. The van der Waals surface area contributed by atoms with Crippen LogP contribution in [-0.4, -0.2) is 65.6 Å². The fourth-order valence-corrected chi connectivity index (χ4v) is 4.19. The second-order valence-corrected chi connectivity index (χ2v) is 9.25. The minimum absolute atomic E-state index is 0.0591. The Morgan fingerprint density at radius 2 is 1.81 bits per heavy atom. The summed E-state index contributed by atoms with van der Waals surface area (Å²) in [5.74, 6) is -4.42. The molecule has 0 bridgehead atoms. The lowest BCUT2D eigenvalue weighted by atomic mass is 9.88. The van der Waals surface area contributed by atoms with Gasteiger partial charge in [-0.3, -0.25) is 9.48 Å². The first-order valence-corrected chi connectivity index (χ1v) is 11.5. The first kappa shape index (κ1) is 26.4. The van der Waals surface area contributed by atoms with Crippen LogP contribution in [0.4, 0.5) is 27.9 Å². The summed E-state index contributed by atoms with van der Waals surface area (Å²) in [5.41, 5.74) is -0.781. The molecule has 37 heavy (non-hydrogen) atoms. The van der Waals surface area contributed by atoms with E-state index in [9.17, 15) is 26.7 Å². The zero-order valence-corrected chi connectivity index (χ0v) is 20.2. The number of aromatic nitrogens is 6. The molecule has 0 aromatic carbocycles. The number of amides is 1. The van der Waals surface area contributed by atoms with Crippen molar-refractivity contribution in [1.29, 1.82) is 0 Å². The molecule has 1 aliphatic heterocycles. The van der Waals surface area contributed by atoms with E-state index in [4.69, 9.17) is 0 Å². The number of nitrogens with one attached hydrogen (secondary N) is 1. The van der Waals surface area contributed by atoms with Gasteiger partial charge in [0, 0.05) is 50.0 Å². The zero-order chi connectivity index (χ0) is 27.0. The Balaban J connectivity index is 1.63. The largest absolute Gasteiger partial charge is 0.419 e. The molecule has 198 valence electrons. The van der Waals surface area contributed by atoms with Gasteiger partial charge in [0.05, 0.1) is 23.7 Å². The van der Waals surface area contributed by atoms with E-state index in [0.717, 1.165) is 4.90 Å². The van der Waals surface area contributed by atoms with Crippen LogP contribution >= 0.6 is 0 Å². The highest BCUT2D eigenvalue weighted by Crippen LogP contribution is 2.36. The average molecular weight is 524 g/mol. The van der Waals surface area contributed by atoms with Gasteiger partial charge in [0.1, 0.15) is 0 Å². The first-order valence-electron chi connectivity index (χ1n) is 11.5. The van der Waals surface area contributed by atoms with Crippen molar-refractivity contribution in [2.24, 2.45) is 5.92 Å².